The number of nitrogens with zero attached hydrogens (tertiary/aromatic N) is 1. The molecular weight excluding hydrogens is 302 g/mol. The van der Waals surface area contributed by atoms with Crippen LogP contribution < -0.4 is 0 Å². The van der Waals surface area contributed by atoms with Crippen LogP contribution in [0.25, 0.3) is 0 Å². The van der Waals surface area contributed by atoms with Gasteiger partial charge in [-0.15, -0.1) is 0 Å². The quantitative estimate of drug-likeness (QED) is 0.135. The molecule has 0 N–H and O–H groups in total. The lowest BCUT2D eigenvalue weighted by Gasteiger charge is -1.93. The van der Waals surface area contributed by atoms with Crippen LogP contribution in [-0.4, -0.2) is 11.2 Å². The molecule has 0 aromatic rings. The third-order valence-electron chi connectivity index (χ3n) is 3.19. The van der Waals surface area contributed by atoms with Gasteiger partial charge < -0.3 is 4.79 Å². The molecule has 0 spiro atoms. The second-order valence-corrected chi connectivity index (χ2v) is 5.26. The van der Waals surface area contributed by atoms with E-state index in [1.54, 1.807) is 6.08 Å². The van der Waals surface area contributed by atoms with Crippen molar-refractivity contribution in [3.05, 3.63) is 70.5 Å². The highest BCUT2D eigenvalue weighted by atomic mass is 16.6. The third-order valence-corrected chi connectivity index (χ3v) is 3.19. The molecule has 0 bridgehead atoms. The smallest absolute Gasteiger partial charge is 0.246 e. The van der Waals surface area contributed by atoms with Crippen LogP contribution >= 0.6 is 0 Å². The maximum Gasteiger partial charge on any atom is 0.246 e. The van der Waals surface area contributed by atoms with Crippen LogP contribution in [0.15, 0.2) is 60.4 Å². The van der Waals surface area contributed by atoms with Crippen LogP contribution in [0.3, 0.4) is 0 Å². The molecule has 4 heteroatoms. The van der Waals surface area contributed by atoms with Crippen molar-refractivity contribution in [1.29, 1.82) is 0 Å². The molecule has 0 fully saturated rings. The zero-order chi connectivity index (χ0) is 17.9. The highest BCUT2D eigenvalue weighted by molar-refractivity contribution is 5.49. The van der Waals surface area contributed by atoms with Crippen molar-refractivity contribution < 1.29 is 9.72 Å². The zero-order valence-electron chi connectivity index (χ0n) is 14.6. The highest BCUT2D eigenvalue weighted by Crippen LogP contribution is 2.06. The summed E-state index contributed by atoms with van der Waals surface area (Å²) in [6.45, 7) is 2.01. The average Bonchev–Trinajstić information content (AvgIpc) is 2.57. The molecule has 0 aliphatic carbocycles. The van der Waals surface area contributed by atoms with Crippen LogP contribution in [0, 0.1) is 10.1 Å². The second-order valence-electron chi connectivity index (χ2n) is 5.26. The fourth-order valence-electron chi connectivity index (χ4n) is 1.88. The number of aldehydes is 1. The fraction of sp³-hybridized carbons (Fsp3) is 0.450. The van der Waals surface area contributed by atoms with Gasteiger partial charge in [-0.05, 0) is 44.6 Å². The Bertz CT molecular complexity index is 485. The zero-order valence-corrected chi connectivity index (χ0v) is 14.6. The molecule has 0 saturated heterocycles. The summed E-state index contributed by atoms with van der Waals surface area (Å²) in [5.41, 5.74) is 0.250. The molecule has 0 heterocycles. The molecular formula is C20H29NO3. The van der Waals surface area contributed by atoms with Crippen LogP contribution in [-0.2, 0) is 4.79 Å². The molecule has 132 valence electrons. The minimum atomic E-state index is -0.310. The van der Waals surface area contributed by atoms with E-state index in [4.69, 9.17) is 0 Å². The SMILES string of the molecule is CC/C=C/C/C(=C/C/C=C/C/C=C/C/C=C/CCCC=O)[N+](=O)[O-]. The van der Waals surface area contributed by atoms with Gasteiger partial charge in [-0.25, -0.2) is 0 Å². The van der Waals surface area contributed by atoms with E-state index in [9.17, 15) is 14.9 Å². The molecule has 0 aliphatic heterocycles. The van der Waals surface area contributed by atoms with E-state index in [2.05, 4.69) is 24.3 Å². The molecule has 0 aliphatic rings. The van der Waals surface area contributed by atoms with Gasteiger partial charge in [0.1, 0.15) is 6.29 Å². The van der Waals surface area contributed by atoms with Gasteiger partial charge in [-0.1, -0.05) is 55.5 Å². The molecule has 0 amide bonds. The van der Waals surface area contributed by atoms with Gasteiger partial charge in [0.15, 0.2) is 0 Å². The summed E-state index contributed by atoms with van der Waals surface area (Å²) in [7, 11) is 0. The number of carbonyl (C=O) groups is 1. The van der Waals surface area contributed by atoms with Crippen LogP contribution in [0.2, 0.25) is 0 Å². The summed E-state index contributed by atoms with van der Waals surface area (Å²) in [5, 5.41) is 10.9. The predicted octanol–water partition coefficient (Wildman–Crippen LogP) is 5.71. The first-order valence-electron chi connectivity index (χ1n) is 8.59. The van der Waals surface area contributed by atoms with Gasteiger partial charge in [0, 0.05) is 6.42 Å². The molecule has 4 nitrogen and oxygen atoms in total. The number of rotatable bonds is 14. The number of hydrogen-bond acceptors (Lipinski definition) is 3. The van der Waals surface area contributed by atoms with Crippen LogP contribution in [0.5, 0.6) is 0 Å². The van der Waals surface area contributed by atoms with Gasteiger partial charge in [-0.2, -0.15) is 0 Å². The van der Waals surface area contributed by atoms with Crippen molar-refractivity contribution in [2.45, 2.75) is 58.3 Å². The summed E-state index contributed by atoms with van der Waals surface area (Å²) >= 11 is 0. The number of unbranched alkanes of at least 4 members (excludes halogenated alkanes) is 2. The first-order valence-corrected chi connectivity index (χ1v) is 8.59. The van der Waals surface area contributed by atoms with E-state index in [1.165, 1.54) is 0 Å². The van der Waals surface area contributed by atoms with Gasteiger partial charge in [-0.3, -0.25) is 10.1 Å². The van der Waals surface area contributed by atoms with Gasteiger partial charge in [0.2, 0.25) is 5.70 Å². The molecule has 0 atom stereocenters. The Hall–Kier alpha value is -2.23. The Morgan fingerprint density at radius 1 is 0.875 bits per heavy atom. The van der Waals surface area contributed by atoms with E-state index in [0.29, 0.717) is 19.3 Å². The number of carbonyl (C=O) groups excluding carboxylic acids is 1. The maximum atomic E-state index is 10.9. The van der Waals surface area contributed by atoms with Gasteiger partial charge in [0.25, 0.3) is 0 Å². The monoisotopic (exact) mass is 331 g/mol. The molecule has 0 aromatic heterocycles. The van der Waals surface area contributed by atoms with Crippen molar-refractivity contribution in [3.63, 3.8) is 0 Å². The number of nitro groups is 1. The van der Waals surface area contributed by atoms with Crippen molar-refractivity contribution >= 4 is 6.29 Å². The topological polar surface area (TPSA) is 60.2 Å². The van der Waals surface area contributed by atoms with E-state index in [-0.39, 0.29) is 10.6 Å². The lowest BCUT2D eigenvalue weighted by Crippen LogP contribution is -1.97. The Kier molecular flexibility index (Phi) is 15.5. The van der Waals surface area contributed by atoms with Crippen LogP contribution in [0.4, 0.5) is 0 Å². The Labute approximate surface area is 145 Å². The minimum Gasteiger partial charge on any atom is -0.303 e. The first kappa shape index (κ1) is 21.8. The lowest BCUT2D eigenvalue weighted by molar-refractivity contribution is -0.427. The van der Waals surface area contributed by atoms with Crippen molar-refractivity contribution in [2.75, 3.05) is 0 Å². The van der Waals surface area contributed by atoms with E-state index in [0.717, 1.165) is 38.4 Å². The normalized spacial score (nSPS) is 13.0. The highest BCUT2D eigenvalue weighted by Gasteiger charge is 2.05. The van der Waals surface area contributed by atoms with Crippen LogP contribution in [0.1, 0.15) is 58.3 Å². The van der Waals surface area contributed by atoms with E-state index in [1.807, 2.05) is 31.2 Å². The average molecular weight is 331 g/mol. The van der Waals surface area contributed by atoms with Crippen molar-refractivity contribution in [1.82, 2.24) is 0 Å². The standard InChI is InChI=1S/C20H29NO3/c1-2-3-14-17-20(21(23)24)18-15-12-10-8-6-4-5-7-9-11-13-16-19-22/h3-4,6-7,9-10,12,14,18-19H,2,5,8,11,13,15-17H2,1H3/b6-4+,9-7+,12-10+,14-3+,20-18-. The Morgan fingerprint density at radius 2 is 1.50 bits per heavy atom. The third kappa shape index (κ3) is 14.7. The fourth-order valence-corrected chi connectivity index (χ4v) is 1.88. The molecule has 0 aromatic carbocycles. The summed E-state index contributed by atoms with van der Waals surface area (Å²) in [6, 6.07) is 0. The van der Waals surface area contributed by atoms with E-state index < -0.39 is 0 Å². The van der Waals surface area contributed by atoms with Crippen molar-refractivity contribution in [2.24, 2.45) is 0 Å². The Balaban J connectivity index is 3.91. The van der Waals surface area contributed by atoms with E-state index >= 15 is 0 Å². The van der Waals surface area contributed by atoms with Crippen molar-refractivity contribution in [3.8, 4) is 0 Å². The molecule has 24 heavy (non-hydrogen) atoms. The predicted molar refractivity (Wildman–Crippen MR) is 100 cm³/mol. The largest absolute Gasteiger partial charge is 0.303 e. The summed E-state index contributed by atoms with van der Waals surface area (Å²) < 4.78 is 0. The first-order chi connectivity index (χ1) is 11.7. The van der Waals surface area contributed by atoms with Gasteiger partial charge >= 0.3 is 0 Å². The molecule has 0 rings (SSSR count). The molecule has 0 saturated carbocycles. The Morgan fingerprint density at radius 3 is 2.08 bits per heavy atom. The lowest BCUT2D eigenvalue weighted by atomic mass is 10.2. The molecule has 0 unspecified atom stereocenters. The number of hydrogen-bond donors (Lipinski definition) is 0. The maximum absolute atomic E-state index is 10.9. The minimum absolute atomic E-state index is 0.250. The molecule has 0 radical (unpaired) electrons. The number of allylic oxidation sites excluding steroid dienone is 9. The summed E-state index contributed by atoms with van der Waals surface area (Å²) in [6.07, 6.45) is 24.8. The summed E-state index contributed by atoms with van der Waals surface area (Å²) in [5.74, 6) is 0. The van der Waals surface area contributed by atoms with Gasteiger partial charge in [0.05, 0.1) is 11.3 Å². The summed E-state index contributed by atoms with van der Waals surface area (Å²) in [4.78, 5) is 20.7. The second kappa shape index (κ2) is 17.1.